The Kier molecular flexibility index (Phi) is 6.99. The Balaban J connectivity index is 1.82. The summed E-state index contributed by atoms with van der Waals surface area (Å²) in [5.74, 6) is -1.67. The maximum atomic E-state index is 12.9. The van der Waals surface area contributed by atoms with Gasteiger partial charge in [-0.05, 0) is 51.5 Å². The number of primary amides is 1. The number of carbonyl (C=O) groups is 4. The summed E-state index contributed by atoms with van der Waals surface area (Å²) in [6.07, 6.45) is -0.0844. The fraction of sp³-hybridized carbons (Fsp3) is 0.364. The predicted octanol–water partition coefficient (Wildman–Crippen LogP) is 3.52. The van der Waals surface area contributed by atoms with Gasteiger partial charge in [0, 0.05) is 18.0 Å². The second-order valence-corrected chi connectivity index (χ2v) is 9.28. The van der Waals surface area contributed by atoms with Crippen LogP contribution >= 0.6 is 22.9 Å². The van der Waals surface area contributed by atoms with E-state index in [1.54, 1.807) is 45.9 Å². The molecule has 1 aromatic heterocycles. The van der Waals surface area contributed by atoms with E-state index in [0.717, 1.165) is 11.3 Å². The molecule has 9 nitrogen and oxygen atoms in total. The molecule has 3 N–H and O–H groups in total. The minimum Gasteiger partial charge on any atom is -0.476 e. The van der Waals surface area contributed by atoms with Gasteiger partial charge in [-0.2, -0.15) is 0 Å². The molecule has 2 aromatic rings. The largest absolute Gasteiger partial charge is 0.476 e. The number of ether oxygens (including phenoxy) is 2. The van der Waals surface area contributed by atoms with E-state index in [4.69, 9.17) is 26.8 Å². The van der Waals surface area contributed by atoms with Crippen LogP contribution in [0.15, 0.2) is 18.2 Å². The highest BCUT2D eigenvalue weighted by molar-refractivity contribution is 7.18. The minimum absolute atomic E-state index is 0.0482. The van der Waals surface area contributed by atoms with Crippen molar-refractivity contribution in [3.05, 3.63) is 39.2 Å². The van der Waals surface area contributed by atoms with Gasteiger partial charge in [-0.25, -0.2) is 4.79 Å². The highest BCUT2D eigenvalue weighted by Crippen LogP contribution is 2.39. The zero-order valence-electron chi connectivity index (χ0n) is 18.6. The Labute approximate surface area is 199 Å². The van der Waals surface area contributed by atoms with Gasteiger partial charge in [0.1, 0.15) is 10.8 Å². The van der Waals surface area contributed by atoms with Crippen molar-refractivity contribution in [3.8, 4) is 5.75 Å². The van der Waals surface area contributed by atoms with Crippen LogP contribution in [0, 0.1) is 6.92 Å². The molecule has 0 saturated carbocycles. The first-order valence-corrected chi connectivity index (χ1v) is 11.4. The molecule has 0 saturated heterocycles. The smallest absolute Gasteiger partial charge is 0.341 e. The molecule has 0 bridgehead atoms. The van der Waals surface area contributed by atoms with Crippen LogP contribution in [0.1, 0.15) is 52.8 Å². The molecule has 0 spiro atoms. The van der Waals surface area contributed by atoms with Gasteiger partial charge in [0.2, 0.25) is 5.91 Å². The fourth-order valence-corrected chi connectivity index (χ4v) is 4.68. The number of nitrogens with two attached hydrogens (primary N) is 1. The molecule has 0 unspecified atom stereocenters. The third kappa shape index (κ3) is 4.96. The first-order chi connectivity index (χ1) is 15.5. The Bertz CT molecular complexity index is 1140. The van der Waals surface area contributed by atoms with Crippen molar-refractivity contribution < 1.29 is 28.7 Å². The van der Waals surface area contributed by atoms with E-state index in [-0.39, 0.29) is 40.9 Å². The number of carbonyl (C=O) groups excluding carboxylic acids is 4. The lowest BCUT2D eigenvalue weighted by Gasteiger charge is -2.38. The molecule has 33 heavy (non-hydrogen) atoms. The first-order valence-electron chi connectivity index (χ1n) is 10.2. The van der Waals surface area contributed by atoms with Gasteiger partial charge < -0.3 is 25.4 Å². The third-order valence-electron chi connectivity index (χ3n) is 5.00. The third-order valence-corrected chi connectivity index (χ3v) is 6.46. The second-order valence-electron chi connectivity index (χ2n) is 7.82. The molecule has 0 atom stereocenters. The van der Waals surface area contributed by atoms with E-state index in [9.17, 15) is 19.2 Å². The summed E-state index contributed by atoms with van der Waals surface area (Å²) in [6.45, 7) is 6.68. The Morgan fingerprint density at radius 1 is 1.30 bits per heavy atom. The van der Waals surface area contributed by atoms with E-state index in [0.29, 0.717) is 22.0 Å². The molecule has 11 heteroatoms. The highest BCUT2D eigenvalue weighted by Gasteiger charge is 2.41. The van der Waals surface area contributed by atoms with E-state index in [1.165, 1.54) is 4.90 Å². The van der Waals surface area contributed by atoms with Gasteiger partial charge in [0.25, 0.3) is 11.8 Å². The number of amides is 3. The van der Waals surface area contributed by atoms with Crippen molar-refractivity contribution >= 4 is 57.3 Å². The molecular formula is C22H24ClN3O6S. The number of esters is 1. The number of rotatable bonds is 7. The van der Waals surface area contributed by atoms with Crippen molar-refractivity contribution in [1.29, 1.82) is 0 Å². The molecule has 176 valence electrons. The molecule has 3 amide bonds. The summed E-state index contributed by atoms with van der Waals surface area (Å²) in [5.41, 5.74) is 5.18. The van der Waals surface area contributed by atoms with Crippen molar-refractivity contribution in [2.45, 2.75) is 39.7 Å². The number of thiophene rings is 1. The highest BCUT2D eigenvalue weighted by atomic mass is 35.5. The average molecular weight is 494 g/mol. The molecule has 0 aliphatic carbocycles. The lowest BCUT2D eigenvalue weighted by atomic mass is 10.0. The minimum atomic E-state index is -1.12. The maximum Gasteiger partial charge on any atom is 0.341 e. The molecule has 1 aliphatic heterocycles. The van der Waals surface area contributed by atoms with Crippen LogP contribution in [0.4, 0.5) is 10.7 Å². The van der Waals surface area contributed by atoms with E-state index in [1.807, 2.05) is 0 Å². The lowest BCUT2D eigenvalue weighted by Crippen LogP contribution is -2.53. The van der Waals surface area contributed by atoms with Gasteiger partial charge in [0.05, 0.1) is 22.7 Å². The fourth-order valence-electron chi connectivity index (χ4n) is 3.45. The predicted molar refractivity (Wildman–Crippen MR) is 125 cm³/mol. The van der Waals surface area contributed by atoms with Crippen LogP contribution in [-0.2, 0) is 14.3 Å². The summed E-state index contributed by atoms with van der Waals surface area (Å²) < 4.78 is 10.8. The number of benzene rings is 1. The quantitative estimate of drug-likeness (QED) is 0.568. The Hall–Kier alpha value is -3.11. The van der Waals surface area contributed by atoms with Crippen molar-refractivity contribution in [2.75, 3.05) is 23.4 Å². The maximum absolute atomic E-state index is 12.9. The molecule has 1 aromatic carbocycles. The monoisotopic (exact) mass is 493 g/mol. The topological polar surface area (TPSA) is 128 Å². The molecule has 3 rings (SSSR count). The number of nitrogens with zero attached hydrogens (tertiary/aromatic N) is 1. The van der Waals surface area contributed by atoms with Gasteiger partial charge >= 0.3 is 5.97 Å². The molecule has 0 radical (unpaired) electrons. The van der Waals surface area contributed by atoms with Crippen LogP contribution in [-0.4, -0.2) is 42.4 Å². The first kappa shape index (κ1) is 24.5. The van der Waals surface area contributed by atoms with Crippen LogP contribution in [0.5, 0.6) is 5.75 Å². The van der Waals surface area contributed by atoms with Crippen LogP contribution in [0.3, 0.4) is 0 Å². The van der Waals surface area contributed by atoms with E-state index >= 15 is 0 Å². The molecule has 0 fully saturated rings. The van der Waals surface area contributed by atoms with Crippen LogP contribution < -0.4 is 20.7 Å². The Morgan fingerprint density at radius 3 is 2.64 bits per heavy atom. The van der Waals surface area contributed by atoms with Gasteiger partial charge in [-0.1, -0.05) is 11.6 Å². The van der Waals surface area contributed by atoms with Crippen molar-refractivity contribution in [3.63, 3.8) is 0 Å². The second kappa shape index (κ2) is 9.40. The summed E-state index contributed by atoms with van der Waals surface area (Å²) in [4.78, 5) is 51.4. The number of anilines is 2. The lowest BCUT2D eigenvalue weighted by molar-refractivity contribution is -0.132. The standard InChI is InChI=1S/C22H24ClN3O6S/c1-5-31-20(29)16-11(2)17(18(24)28)33-19(16)25-15(27)8-9-26-13-10-12(23)6-7-14(13)32-22(3,4)21(26)30/h6-7,10H,5,8-9H2,1-4H3,(H2,24,28)(H,25,27). The van der Waals surface area contributed by atoms with Gasteiger partial charge in [-0.15, -0.1) is 11.3 Å². The number of hydrogen-bond acceptors (Lipinski definition) is 7. The molecule has 2 heterocycles. The van der Waals surface area contributed by atoms with Crippen molar-refractivity contribution in [2.24, 2.45) is 5.73 Å². The summed E-state index contributed by atoms with van der Waals surface area (Å²) >= 11 is 7.00. The van der Waals surface area contributed by atoms with Crippen molar-refractivity contribution in [1.82, 2.24) is 0 Å². The summed E-state index contributed by atoms with van der Waals surface area (Å²) in [7, 11) is 0. The van der Waals surface area contributed by atoms with Crippen LogP contribution in [0.2, 0.25) is 5.02 Å². The molecular weight excluding hydrogens is 470 g/mol. The summed E-state index contributed by atoms with van der Waals surface area (Å²) in [5, 5.41) is 3.24. The normalized spacial score (nSPS) is 14.3. The van der Waals surface area contributed by atoms with Gasteiger partial charge in [0.15, 0.2) is 5.60 Å². The summed E-state index contributed by atoms with van der Waals surface area (Å²) in [6, 6.07) is 4.93. The van der Waals surface area contributed by atoms with E-state index < -0.39 is 23.4 Å². The van der Waals surface area contributed by atoms with E-state index in [2.05, 4.69) is 5.32 Å². The zero-order chi connectivity index (χ0) is 24.5. The average Bonchev–Trinajstić information content (AvgIpc) is 3.05. The Morgan fingerprint density at radius 2 is 2.00 bits per heavy atom. The number of nitrogens with one attached hydrogen (secondary N) is 1. The number of halogens is 1. The van der Waals surface area contributed by atoms with Crippen LogP contribution in [0.25, 0.3) is 0 Å². The molecule has 1 aliphatic rings. The zero-order valence-corrected chi connectivity index (χ0v) is 20.2. The number of fused-ring (bicyclic) bond motifs is 1. The number of hydrogen-bond donors (Lipinski definition) is 2. The SMILES string of the molecule is CCOC(=O)c1c(NC(=O)CCN2C(=O)C(C)(C)Oc3ccc(Cl)cc32)sc(C(N)=O)c1C. The van der Waals surface area contributed by atoms with Gasteiger partial charge in [-0.3, -0.25) is 14.4 Å².